The highest BCUT2D eigenvalue weighted by molar-refractivity contribution is 5.91. The molecule has 16 heavy (non-hydrogen) atoms. The Morgan fingerprint density at radius 1 is 1.69 bits per heavy atom. The first-order valence-electron chi connectivity index (χ1n) is 4.74. The van der Waals surface area contributed by atoms with Gasteiger partial charge in [-0.15, -0.1) is 0 Å². The first kappa shape index (κ1) is 12.4. The summed E-state index contributed by atoms with van der Waals surface area (Å²) in [5.74, 6) is -1.11. The molecule has 6 nitrogen and oxygen atoms in total. The van der Waals surface area contributed by atoms with Crippen molar-refractivity contribution in [2.24, 2.45) is 0 Å². The number of aliphatic hydroxyl groups excluding tert-OH is 1. The number of carbonyl (C=O) groups is 1. The van der Waals surface area contributed by atoms with Gasteiger partial charge in [0.1, 0.15) is 0 Å². The maximum absolute atomic E-state index is 10.8. The largest absolute Gasteiger partial charge is 0.476 e. The normalized spacial score (nSPS) is 12.1. The Morgan fingerprint density at radius 2 is 2.44 bits per heavy atom. The zero-order valence-electron chi connectivity index (χ0n) is 8.88. The van der Waals surface area contributed by atoms with Crippen LogP contribution in [0.2, 0.25) is 0 Å². The Hall–Kier alpha value is -1.66. The lowest BCUT2D eigenvalue weighted by Crippen LogP contribution is -2.25. The molecule has 0 amide bonds. The van der Waals surface area contributed by atoms with E-state index in [0.717, 1.165) is 0 Å². The maximum atomic E-state index is 10.8. The van der Waals surface area contributed by atoms with E-state index in [1.165, 1.54) is 13.3 Å². The van der Waals surface area contributed by atoms with Crippen LogP contribution in [0.5, 0.6) is 0 Å². The van der Waals surface area contributed by atoms with Crippen molar-refractivity contribution in [1.82, 2.24) is 4.98 Å². The molecule has 0 aliphatic rings. The summed E-state index contributed by atoms with van der Waals surface area (Å²) in [7, 11) is 1.48. The molecular formula is C10H14N2O4. The Labute approximate surface area is 92.9 Å². The van der Waals surface area contributed by atoms with Crippen LogP contribution in [0, 0.1) is 0 Å². The summed E-state index contributed by atoms with van der Waals surface area (Å²) in [5.41, 5.74) is 0.317. The highest BCUT2D eigenvalue weighted by Gasteiger charge is 2.11. The van der Waals surface area contributed by atoms with Crippen molar-refractivity contribution in [1.29, 1.82) is 0 Å². The number of nitrogens with zero attached hydrogens (tertiary/aromatic N) is 1. The summed E-state index contributed by atoms with van der Waals surface area (Å²) in [5, 5.41) is 21.0. The predicted octanol–water partition coefficient (Wildman–Crippen LogP) is 0.199. The number of hydrogen-bond donors (Lipinski definition) is 3. The number of aromatic carboxylic acids is 1. The number of aliphatic hydroxyl groups is 1. The molecule has 3 N–H and O–H groups in total. The SMILES string of the molecule is COCC(O)CNc1cccnc1C(=O)O. The second kappa shape index (κ2) is 6.04. The highest BCUT2D eigenvalue weighted by atomic mass is 16.5. The molecule has 88 valence electrons. The summed E-state index contributed by atoms with van der Waals surface area (Å²) in [6.07, 6.45) is 0.715. The second-order valence-electron chi connectivity index (χ2n) is 3.19. The van der Waals surface area contributed by atoms with Crippen molar-refractivity contribution in [3.05, 3.63) is 24.0 Å². The lowest BCUT2D eigenvalue weighted by molar-refractivity contribution is 0.0687. The summed E-state index contributed by atoms with van der Waals surface area (Å²) >= 11 is 0. The van der Waals surface area contributed by atoms with Gasteiger partial charge in [-0.1, -0.05) is 0 Å². The van der Waals surface area contributed by atoms with Gasteiger partial charge >= 0.3 is 5.97 Å². The van der Waals surface area contributed by atoms with E-state index in [-0.39, 0.29) is 18.8 Å². The lowest BCUT2D eigenvalue weighted by Gasteiger charge is -2.12. The van der Waals surface area contributed by atoms with Crippen LogP contribution in [0.1, 0.15) is 10.5 Å². The van der Waals surface area contributed by atoms with Crippen LogP contribution in [0.3, 0.4) is 0 Å². The molecule has 1 atom stereocenters. The van der Waals surface area contributed by atoms with Crippen molar-refractivity contribution in [3.63, 3.8) is 0 Å². The van der Waals surface area contributed by atoms with E-state index >= 15 is 0 Å². The maximum Gasteiger partial charge on any atom is 0.356 e. The van der Waals surface area contributed by atoms with Crippen LogP contribution in [0.25, 0.3) is 0 Å². The van der Waals surface area contributed by atoms with Crippen LogP contribution in [-0.2, 0) is 4.74 Å². The monoisotopic (exact) mass is 226 g/mol. The van der Waals surface area contributed by atoms with E-state index < -0.39 is 12.1 Å². The van der Waals surface area contributed by atoms with E-state index in [4.69, 9.17) is 9.84 Å². The van der Waals surface area contributed by atoms with Crippen molar-refractivity contribution >= 4 is 11.7 Å². The van der Waals surface area contributed by atoms with Gasteiger partial charge in [0.25, 0.3) is 0 Å². The van der Waals surface area contributed by atoms with Crippen molar-refractivity contribution in [3.8, 4) is 0 Å². The van der Waals surface area contributed by atoms with Crippen molar-refractivity contribution in [2.75, 3.05) is 25.6 Å². The Bertz CT molecular complexity index is 356. The van der Waals surface area contributed by atoms with Crippen LogP contribution >= 0.6 is 0 Å². The molecule has 0 bridgehead atoms. The number of pyridine rings is 1. The number of rotatable bonds is 6. The third kappa shape index (κ3) is 3.48. The van der Waals surface area contributed by atoms with Gasteiger partial charge < -0.3 is 20.3 Å². The van der Waals surface area contributed by atoms with E-state index in [9.17, 15) is 9.90 Å². The van der Waals surface area contributed by atoms with Gasteiger partial charge in [0.2, 0.25) is 0 Å². The molecule has 6 heteroatoms. The fourth-order valence-electron chi connectivity index (χ4n) is 1.20. The van der Waals surface area contributed by atoms with E-state index in [2.05, 4.69) is 10.3 Å². The minimum atomic E-state index is -1.11. The van der Waals surface area contributed by atoms with Gasteiger partial charge in [0.05, 0.1) is 18.4 Å². The Balaban J connectivity index is 2.63. The highest BCUT2D eigenvalue weighted by Crippen LogP contribution is 2.11. The molecule has 0 aromatic carbocycles. The molecule has 1 aromatic heterocycles. The molecule has 0 radical (unpaired) electrons. The number of methoxy groups -OCH3 is 1. The molecule has 0 saturated carbocycles. The molecule has 1 unspecified atom stereocenters. The molecule has 0 aliphatic heterocycles. The molecular weight excluding hydrogens is 212 g/mol. The summed E-state index contributed by atoms with van der Waals surface area (Å²) in [6.45, 7) is 0.398. The van der Waals surface area contributed by atoms with Crippen LogP contribution < -0.4 is 5.32 Å². The minimum absolute atomic E-state index is 0.0629. The van der Waals surface area contributed by atoms with Crippen molar-refractivity contribution in [2.45, 2.75) is 6.10 Å². The molecule has 0 saturated heterocycles. The topological polar surface area (TPSA) is 91.7 Å². The summed E-state index contributed by atoms with van der Waals surface area (Å²) in [4.78, 5) is 14.5. The number of ether oxygens (including phenoxy) is 1. The first-order chi connectivity index (χ1) is 7.65. The summed E-state index contributed by atoms with van der Waals surface area (Å²) < 4.78 is 4.75. The fourth-order valence-corrected chi connectivity index (χ4v) is 1.20. The van der Waals surface area contributed by atoms with Gasteiger partial charge in [0, 0.05) is 19.9 Å². The molecule has 0 fully saturated rings. The van der Waals surface area contributed by atoms with E-state index in [1.807, 2.05) is 0 Å². The van der Waals surface area contributed by atoms with Crippen LogP contribution in [-0.4, -0.2) is 47.5 Å². The average Bonchev–Trinajstić information content (AvgIpc) is 2.27. The second-order valence-corrected chi connectivity index (χ2v) is 3.19. The third-order valence-electron chi connectivity index (χ3n) is 1.90. The summed E-state index contributed by atoms with van der Waals surface area (Å²) in [6, 6.07) is 3.22. The number of carboxylic acid groups (broad SMARTS) is 1. The average molecular weight is 226 g/mol. The number of anilines is 1. The smallest absolute Gasteiger partial charge is 0.356 e. The standard InChI is InChI=1S/C10H14N2O4/c1-16-6-7(13)5-12-8-3-2-4-11-9(8)10(14)15/h2-4,7,12-13H,5-6H2,1H3,(H,14,15). The van der Waals surface area contributed by atoms with Gasteiger partial charge in [0.15, 0.2) is 5.69 Å². The fraction of sp³-hybridized carbons (Fsp3) is 0.400. The van der Waals surface area contributed by atoms with Crippen molar-refractivity contribution < 1.29 is 19.7 Å². The number of aromatic nitrogens is 1. The first-order valence-corrected chi connectivity index (χ1v) is 4.74. The van der Waals surface area contributed by atoms with Gasteiger partial charge in [-0.05, 0) is 12.1 Å². The van der Waals surface area contributed by atoms with Crippen LogP contribution in [0.15, 0.2) is 18.3 Å². The van der Waals surface area contributed by atoms with Crippen LogP contribution in [0.4, 0.5) is 5.69 Å². The zero-order valence-corrected chi connectivity index (χ0v) is 8.88. The molecule has 1 heterocycles. The minimum Gasteiger partial charge on any atom is -0.476 e. The van der Waals surface area contributed by atoms with Gasteiger partial charge in [-0.3, -0.25) is 0 Å². The molecule has 1 rings (SSSR count). The third-order valence-corrected chi connectivity index (χ3v) is 1.90. The number of hydrogen-bond acceptors (Lipinski definition) is 5. The quantitative estimate of drug-likeness (QED) is 0.641. The predicted molar refractivity (Wildman–Crippen MR) is 57.6 cm³/mol. The van der Waals surface area contributed by atoms with E-state index in [1.54, 1.807) is 12.1 Å². The Morgan fingerprint density at radius 3 is 3.06 bits per heavy atom. The van der Waals surface area contributed by atoms with Gasteiger partial charge in [-0.2, -0.15) is 0 Å². The molecule has 0 aliphatic carbocycles. The number of nitrogens with one attached hydrogen (secondary N) is 1. The number of carboxylic acids is 1. The lowest BCUT2D eigenvalue weighted by atomic mass is 10.2. The van der Waals surface area contributed by atoms with E-state index in [0.29, 0.717) is 5.69 Å². The van der Waals surface area contributed by atoms with Gasteiger partial charge in [-0.25, -0.2) is 9.78 Å². The molecule has 1 aromatic rings. The molecule has 0 spiro atoms. The Kier molecular flexibility index (Phi) is 4.68. The zero-order chi connectivity index (χ0) is 12.0.